The van der Waals surface area contributed by atoms with Gasteiger partial charge in [-0.1, -0.05) is 29.8 Å². The first kappa shape index (κ1) is 7.62. The predicted octanol–water partition coefficient (Wildman–Crippen LogP) is 2.79. The standard InChI is InChI=1S/C9H10Cl/c1-8-2-4-9(5-3-8)6-7-10/h2-6H,7H2,1H3. The van der Waals surface area contributed by atoms with Gasteiger partial charge in [0.1, 0.15) is 0 Å². The molecule has 0 saturated heterocycles. The molecule has 53 valence electrons. The van der Waals surface area contributed by atoms with Crippen molar-refractivity contribution in [2.24, 2.45) is 0 Å². The third-order valence-electron chi connectivity index (χ3n) is 1.39. The molecule has 0 N–H and O–H groups in total. The number of halogens is 1. The minimum atomic E-state index is 0.586. The highest BCUT2D eigenvalue weighted by atomic mass is 35.5. The summed E-state index contributed by atoms with van der Waals surface area (Å²) in [5.41, 5.74) is 2.48. The lowest BCUT2D eigenvalue weighted by molar-refractivity contribution is 1.38. The Bertz CT molecular complexity index is 188. The largest absolute Gasteiger partial charge is 0.126 e. The summed E-state index contributed by atoms with van der Waals surface area (Å²) in [6.45, 7) is 2.07. The topological polar surface area (TPSA) is 0 Å². The van der Waals surface area contributed by atoms with Crippen LogP contribution in [0.4, 0.5) is 0 Å². The lowest BCUT2D eigenvalue weighted by Gasteiger charge is -1.96. The zero-order valence-corrected chi connectivity index (χ0v) is 6.73. The Morgan fingerprint density at radius 1 is 1.30 bits per heavy atom. The van der Waals surface area contributed by atoms with Gasteiger partial charge in [0.15, 0.2) is 0 Å². The van der Waals surface area contributed by atoms with Crippen molar-refractivity contribution in [3.63, 3.8) is 0 Å². The molecular formula is C9H10Cl. The van der Waals surface area contributed by atoms with Gasteiger partial charge in [-0.05, 0) is 12.5 Å². The number of aryl methyl sites for hydroxylation is 1. The van der Waals surface area contributed by atoms with Crippen molar-refractivity contribution in [1.82, 2.24) is 0 Å². The Morgan fingerprint density at radius 2 is 1.90 bits per heavy atom. The summed E-state index contributed by atoms with van der Waals surface area (Å²) >= 11 is 5.52. The van der Waals surface area contributed by atoms with Crippen LogP contribution in [0.15, 0.2) is 24.3 Å². The van der Waals surface area contributed by atoms with Gasteiger partial charge in [0.25, 0.3) is 0 Å². The normalized spacial score (nSPS) is 9.80. The van der Waals surface area contributed by atoms with Gasteiger partial charge in [-0.15, -0.1) is 11.6 Å². The Morgan fingerprint density at radius 3 is 2.40 bits per heavy atom. The van der Waals surface area contributed by atoms with Gasteiger partial charge in [-0.3, -0.25) is 0 Å². The molecule has 0 aliphatic rings. The molecule has 1 rings (SSSR count). The summed E-state index contributed by atoms with van der Waals surface area (Å²) in [4.78, 5) is 0. The third kappa shape index (κ3) is 2.03. The van der Waals surface area contributed by atoms with E-state index in [9.17, 15) is 0 Å². The Balaban J connectivity index is 2.69. The van der Waals surface area contributed by atoms with Crippen molar-refractivity contribution >= 4 is 11.6 Å². The van der Waals surface area contributed by atoms with Gasteiger partial charge >= 0.3 is 0 Å². The molecular weight excluding hydrogens is 144 g/mol. The van der Waals surface area contributed by atoms with Gasteiger partial charge < -0.3 is 0 Å². The van der Waals surface area contributed by atoms with E-state index in [-0.39, 0.29) is 0 Å². The van der Waals surface area contributed by atoms with Gasteiger partial charge in [0.05, 0.1) is 0 Å². The van der Waals surface area contributed by atoms with E-state index in [1.165, 1.54) is 11.1 Å². The molecule has 0 saturated carbocycles. The van der Waals surface area contributed by atoms with Crippen LogP contribution in [0, 0.1) is 13.3 Å². The first-order valence-electron chi connectivity index (χ1n) is 3.29. The molecule has 0 spiro atoms. The molecule has 0 nitrogen and oxygen atoms in total. The van der Waals surface area contributed by atoms with Crippen molar-refractivity contribution in [2.45, 2.75) is 6.92 Å². The highest BCUT2D eigenvalue weighted by Crippen LogP contribution is 2.05. The fraction of sp³-hybridized carbons (Fsp3) is 0.222. The summed E-state index contributed by atoms with van der Waals surface area (Å²) in [6, 6.07) is 8.30. The van der Waals surface area contributed by atoms with E-state index >= 15 is 0 Å². The van der Waals surface area contributed by atoms with E-state index in [1.807, 2.05) is 6.42 Å². The Kier molecular flexibility index (Phi) is 2.76. The average molecular weight is 154 g/mol. The summed E-state index contributed by atoms with van der Waals surface area (Å²) < 4.78 is 0. The highest BCUT2D eigenvalue weighted by molar-refractivity contribution is 6.18. The van der Waals surface area contributed by atoms with E-state index in [4.69, 9.17) is 11.6 Å². The zero-order valence-electron chi connectivity index (χ0n) is 5.97. The molecule has 0 aliphatic heterocycles. The molecule has 1 heteroatoms. The second-order valence-corrected chi connectivity index (χ2v) is 2.58. The van der Waals surface area contributed by atoms with Gasteiger partial charge in [0, 0.05) is 12.3 Å². The van der Waals surface area contributed by atoms with Crippen LogP contribution < -0.4 is 0 Å². The molecule has 1 aromatic rings. The first-order chi connectivity index (χ1) is 4.83. The number of hydrogen-bond donors (Lipinski definition) is 0. The summed E-state index contributed by atoms with van der Waals surface area (Å²) in [6.07, 6.45) is 1.99. The molecule has 0 aromatic heterocycles. The van der Waals surface area contributed by atoms with Crippen LogP contribution in [0.5, 0.6) is 0 Å². The lowest BCUT2D eigenvalue weighted by Crippen LogP contribution is -1.81. The maximum Gasteiger partial charge on any atom is 0.0298 e. The quantitative estimate of drug-likeness (QED) is 0.574. The first-order valence-corrected chi connectivity index (χ1v) is 3.82. The van der Waals surface area contributed by atoms with Crippen LogP contribution >= 0.6 is 11.6 Å². The van der Waals surface area contributed by atoms with Crippen LogP contribution in [0.3, 0.4) is 0 Å². The number of benzene rings is 1. The molecule has 0 aliphatic carbocycles. The maximum atomic E-state index is 5.52. The molecule has 0 fully saturated rings. The van der Waals surface area contributed by atoms with Crippen LogP contribution in [-0.4, -0.2) is 5.88 Å². The van der Waals surface area contributed by atoms with E-state index < -0.39 is 0 Å². The van der Waals surface area contributed by atoms with Gasteiger partial charge in [-0.25, -0.2) is 0 Å². The van der Waals surface area contributed by atoms with Crippen molar-refractivity contribution in [3.8, 4) is 0 Å². The molecule has 0 unspecified atom stereocenters. The number of rotatable bonds is 2. The zero-order chi connectivity index (χ0) is 7.40. The third-order valence-corrected chi connectivity index (χ3v) is 1.54. The smallest absolute Gasteiger partial charge is 0.0298 e. The van der Waals surface area contributed by atoms with Crippen molar-refractivity contribution in [1.29, 1.82) is 0 Å². The fourth-order valence-electron chi connectivity index (χ4n) is 0.792. The van der Waals surface area contributed by atoms with E-state index in [0.717, 1.165) is 0 Å². The minimum absolute atomic E-state index is 0.586. The SMILES string of the molecule is Cc1ccc([CH]CCl)cc1. The van der Waals surface area contributed by atoms with Crippen molar-refractivity contribution in [2.75, 3.05) is 5.88 Å². The highest BCUT2D eigenvalue weighted by Gasteiger charge is 1.89. The lowest BCUT2D eigenvalue weighted by atomic mass is 10.1. The summed E-state index contributed by atoms with van der Waals surface area (Å²) in [5.74, 6) is 0.586. The maximum absolute atomic E-state index is 5.52. The van der Waals surface area contributed by atoms with E-state index in [0.29, 0.717) is 5.88 Å². The molecule has 10 heavy (non-hydrogen) atoms. The second-order valence-electron chi connectivity index (χ2n) is 2.27. The van der Waals surface area contributed by atoms with Crippen LogP contribution in [0.25, 0.3) is 0 Å². The molecule has 0 amide bonds. The van der Waals surface area contributed by atoms with E-state index in [2.05, 4.69) is 31.2 Å². The molecule has 0 bridgehead atoms. The minimum Gasteiger partial charge on any atom is -0.126 e. The Hall–Kier alpha value is -0.490. The Labute approximate surface area is 66.8 Å². The fourth-order valence-corrected chi connectivity index (χ4v) is 0.970. The second kappa shape index (κ2) is 3.62. The van der Waals surface area contributed by atoms with Gasteiger partial charge in [0.2, 0.25) is 0 Å². The average Bonchev–Trinajstić information content (AvgIpc) is 1.95. The van der Waals surface area contributed by atoms with Crippen molar-refractivity contribution < 1.29 is 0 Å². The number of hydrogen-bond acceptors (Lipinski definition) is 0. The van der Waals surface area contributed by atoms with Crippen LogP contribution in [-0.2, 0) is 0 Å². The van der Waals surface area contributed by atoms with Crippen LogP contribution in [0.1, 0.15) is 11.1 Å². The molecule has 0 atom stereocenters. The van der Waals surface area contributed by atoms with E-state index in [1.54, 1.807) is 0 Å². The monoisotopic (exact) mass is 153 g/mol. The molecule has 1 radical (unpaired) electrons. The molecule has 1 aromatic carbocycles. The number of alkyl halides is 1. The molecule has 0 heterocycles. The summed E-state index contributed by atoms with van der Waals surface area (Å²) in [5, 5.41) is 0. The van der Waals surface area contributed by atoms with Gasteiger partial charge in [-0.2, -0.15) is 0 Å². The van der Waals surface area contributed by atoms with Crippen LogP contribution in [0.2, 0.25) is 0 Å². The van der Waals surface area contributed by atoms with Crippen molar-refractivity contribution in [3.05, 3.63) is 41.8 Å². The predicted molar refractivity (Wildman–Crippen MR) is 45.3 cm³/mol. The summed E-state index contributed by atoms with van der Waals surface area (Å²) in [7, 11) is 0.